The number of ether oxygens (including phenoxy) is 3. The summed E-state index contributed by atoms with van der Waals surface area (Å²) in [6.07, 6.45) is 1.46. The first-order valence-electron chi connectivity index (χ1n) is 7.10. The number of hydrogen-bond donors (Lipinski definition) is 1. The number of benzene rings is 2. The molecule has 2 rings (SSSR count). The number of methoxy groups -OCH3 is 2. The lowest BCUT2D eigenvalue weighted by Crippen LogP contribution is -2.11. The van der Waals surface area contributed by atoms with Crippen LogP contribution >= 0.6 is 15.9 Å². The van der Waals surface area contributed by atoms with Crippen molar-refractivity contribution < 1.29 is 28.9 Å². The topological polar surface area (TPSA) is 82.1 Å². The molecule has 0 heterocycles. The number of carbonyl (C=O) groups excluding carboxylic acids is 2. The van der Waals surface area contributed by atoms with Crippen molar-refractivity contribution in [3.8, 4) is 11.5 Å². The Labute approximate surface area is 152 Å². The summed E-state index contributed by atoms with van der Waals surface area (Å²) in [5, 5.41) is 10.2. The first-order valence-corrected chi connectivity index (χ1v) is 7.89. The van der Waals surface area contributed by atoms with Crippen LogP contribution in [0.2, 0.25) is 0 Å². The van der Waals surface area contributed by atoms with Gasteiger partial charge in [0.1, 0.15) is 5.56 Å². The number of para-hydroxylation sites is 1. The zero-order valence-corrected chi connectivity index (χ0v) is 15.1. The first-order chi connectivity index (χ1) is 12.0. The molecular formula is C18H15BrO6. The van der Waals surface area contributed by atoms with Gasteiger partial charge in [-0.05, 0) is 35.9 Å². The van der Waals surface area contributed by atoms with Crippen LogP contribution in [0.4, 0.5) is 0 Å². The molecule has 0 saturated carbocycles. The van der Waals surface area contributed by atoms with Gasteiger partial charge in [0.05, 0.1) is 14.2 Å². The molecule has 130 valence electrons. The maximum absolute atomic E-state index is 12.0. The summed E-state index contributed by atoms with van der Waals surface area (Å²) in [5.74, 6) is -2.11. The molecule has 0 fully saturated rings. The van der Waals surface area contributed by atoms with Gasteiger partial charge in [-0.15, -0.1) is 0 Å². The monoisotopic (exact) mass is 406 g/mol. The van der Waals surface area contributed by atoms with Crippen LogP contribution in [-0.2, 0) is 14.3 Å². The van der Waals surface area contributed by atoms with E-state index in [9.17, 15) is 14.7 Å². The summed E-state index contributed by atoms with van der Waals surface area (Å²) in [5.41, 5.74) is 0.611. The minimum Gasteiger partial charge on any atom is -0.504 e. The number of hydrogen-bond acceptors (Lipinski definition) is 6. The van der Waals surface area contributed by atoms with Crippen LogP contribution in [-0.4, -0.2) is 31.3 Å². The molecular weight excluding hydrogens is 392 g/mol. The highest BCUT2D eigenvalue weighted by Gasteiger charge is 2.19. The normalized spacial score (nSPS) is 10.9. The summed E-state index contributed by atoms with van der Waals surface area (Å²) < 4.78 is 15.7. The lowest BCUT2D eigenvalue weighted by atomic mass is 10.2. The quantitative estimate of drug-likeness (QED) is 0.464. The van der Waals surface area contributed by atoms with E-state index >= 15 is 0 Å². The third-order valence-electron chi connectivity index (χ3n) is 3.18. The molecule has 0 aliphatic carbocycles. The molecule has 0 amide bonds. The number of esters is 2. The van der Waals surface area contributed by atoms with Crippen LogP contribution in [0, 0.1) is 0 Å². The Bertz CT molecular complexity index is 811. The van der Waals surface area contributed by atoms with E-state index in [1.165, 1.54) is 38.5 Å². The van der Waals surface area contributed by atoms with Crippen molar-refractivity contribution in [1.29, 1.82) is 0 Å². The van der Waals surface area contributed by atoms with E-state index in [-0.39, 0.29) is 17.1 Å². The van der Waals surface area contributed by atoms with Gasteiger partial charge in [-0.1, -0.05) is 34.1 Å². The summed E-state index contributed by atoms with van der Waals surface area (Å²) in [6.45, 7) is 0. The number of carbonyl (C=O) groups is 2. The van der Waals surface area contributed by atoms with E-state index in [1.807, 2.05) is 0 Å². The number of aromatic hydroxyl groups is 1. The average molecular weight is 407 g/mol. The summed E-state index contributed by atoms with van der Waals surface area (Å²) >= 11 is 3.33. The van der Waals surface area contributed by atoms with Gasteiger partial charge in [-0.3, -0.25) is 0 Å². The van der Waals surface area contributed by atoms with Gasteiger partial charge < -0.3 is 19.3 Å². The molecule has 0 spiro atoms. The van der Waals surface area contributed by atoms with Gasteiger partial charge >= 0.3 is 11.9 Å². The minimum absolute atomic E-state index is 0.0725. The largest absolute Gasteiger partial charge is 0.504 e. The van der Waals surface area contributed by atoms with Crippen LogP contribution in [0.3, 0.4) is 0 Å². The predicted octanol–water partition coefficient (Wildman–Crippen LogP) is 3.53. The molecule has 6 nitrogen and oxygen atoms in total. The van der Waals surface area contributed by atoms with Crippen LogP contribution in [0.15, 0.2) is 52.7 Å². The molecule has 2 aromatic carbocycles. The number of phenols is 1. The zero-order valence-electron chi connectivity index (χ0n) is 13.5. The number of rotatable bonds is 5. The lowest BCUT2D eigenvalue weighted by Gasteiger charge is -2.11. The van der Waals surface area contributed by atoms with Crippen molar-refractivity contribution >= 4 is 33.9 Å². The zero-order chi connectivity index (χ0) is 18.4. The summed E-state index contributed by atoms with van der Waals surface area (Å²) in [7, 11) is 2.41. The molecule has 25 heavy (non-hydrogen) atoms. The van der Waals surface area contributed by atoms with Gasteiger partial charge in [0.15, 0.2) is 11.5 Å². The Balaban J connectivity index is 2.40. The third kappa shape index (κ3) is 4.60. The van der Waals surface area contributed by atoms with Crippen LogP contribution in [0.1, 0.15) is 15.9 Å². The fourth-order valence-electron chi connectivity index (χ4n) is 1.94. The van der Waals surface area contributed by atoms with Crippen LogP contribution in [0.5, 0.6) is 11.5 Å². The van der Waals surface area contributed by atoms with Crippen molar-refractivity contribution in [3.63, 3.8) is 0 Å². The van der Waals surface area contributed by atoms with Gasteiger partial charge in [0.25, 0.3) is 0 Å². The first kappa shape index (κ1) is 18.5. The van der Waals surface area contributed by atoms with E-state index in [2.05, 4.69) is 20.7 Å². The van der Waals surface area contributed by atoms with Crippen molar-refractivity contribution in [2.24, 2.45) is 0 Å². The Morgan fingerprint density at radius 2 is 1.72 bits per heavy atom. The molecule has 0 radical (unpaired) electrons. The van der Waals surface area contributed by atoms with Crippen molar-refractivity contribution in [2.45, 2.75) is 0 Å². The molecule has 0 aliphatic rings. The van der Waals surface area contributed by atoms with Crippen molar-refractivity contribution in [3.05, 3.63) is 63.8 Å². The smallest absolute Gasteiger partial charge is 0.373 e. The van der Waals surface area contributed by atoms with Gasteiger partial charge in [-0.2, -0.15) is 0 Å². The van der Waals surface area contributed by atoms with Crippen LogP contribution in [0.25, 0.3) is 6.08 Å². The van der Waals surface area contributed by atoms with Gasteiger partial charge in [0, 0.05) is 4.47 Å². The molecule has 0 aromatic heterocycles. The molecule has 1 N–H and O–H groups in total. The second kappa shape index (κ2) is 8.34. The number of phenolic OH excluding ortho intramolecular Hbond substituents is 1. The lowest BCUT2D eigenvalue weighted by molar-refractivity contribution is -0.138. The van der Waals surface area contributed by atoms with Gasteiger partial charge in [0.2, 0.25) is 5.76 Å². The fraction of sp³-hybridized carbons (Fsp3) is 0.111. The Hall–Kier alpha value is -2.80. The molecule has 0 aliphatic heterocycles. The Morgan fingerprint density at radius 3 is 2.32 bits per heavy atom. The average Bonchev–Trinajstić information content (AvgIpc) is 2.63. The highest BCUT2D eigenvalue weighted by atomic mass is 79.9. The van der Waals surface area contributed by atoms with Gasteiger partial charge in [-0.25, -0.2) is 9.59 Å². The highest BCUT2D eigenvalue weighted by Crippen LogP contribution is 2.32. The van der Waals surface area contributed by atoms with E-state index in [0.717, 1.165) is 4.47 Å². The molecule has 7 heteroatoms. The summed E-state index contributed by atoms with van der Waals surface area (Å²) in [4.78, 5) is 23.6. The van der Waals surface area contributed by atoms with E-state index in [4.69, 9.17) is 9.47 Å². The predicted molar refractivity (Wildman–Crippen MR) is 94.2 cm³/mol. The number of halogens is 1. The Morgan fingerprint density at radius 1 is 1.04 bits per heavy atom. The molecule has 2 aromatic rings. The highest BCUT2D eigenvalue weighted by molar-refractivity contribution is 9.10. The minimum atomic E-state index is -0.731. The van der Waals surface area contributed by atoms with E-state index in [1.54, 1.807) is 24.3 Å². The Kier molecular flexibility index (Phi) is 6.19. The molecule has 0 unspecified atom stereocenters. The standard InChI is InChI=1S/C18H15BrO6/c1-23-17(21)13-4-3-5-14(16(13)20)25-15(18(22)24-2)10-11-6-8-12(19)9-7-11/h3-10,20H,1-2H3/b15-10+. The molecule has 0 saturated heterocycles. The van der Waals surface area contributed by atoms with Crippen molar-refractivity contribution in [1.82, 2.24) is 0 Å². The summed E-state index contributed by atoms with van der Waals surface area (Å²) in [6, 6.07) is 11.4. The van der Waals surface area contributed by atoms with Crippen molar-refractivity contribution in [2.75, 3.05) is 14.2 Å². The fourth-order valence-corrected chi connectivity index (χ4v) is 2.20. The maximum Gasteiger partial charge on any atom is 0.373 e. The molecule has 0 atom stereocenters. The van der Waals surface area contributed by atoms with Crippen LogP contribution < -0.4 is 4.74 Å². The van der Waals surface area contributed by atoms with E-state index < -0.39 is 17.7 Å². The maximum atomic E-state index is 12.0. The second-order valence-electron chi connectivity index (χ2n) is 4.80. The SMILES string of the molecule is COC(=O)/C(=C\c1ccc(Br)cc1)Oc1cccc(C(=O)OC)c1O. The second-order valence-corrected chi connectivity index (χ2v) is 5.71. The third-order valence-corrected chi connectivity index (χ3v) is 3.71. The molecule has 0 bridgehead atoms. The van der Waals surface area contributed by atoms with E-state index in [0.29, 0.717) is 5.56 Å².